The van der Waals surface area contributed by atoms with Gasteiger partial charge in [0.1, 0.15) is 10.7 Å². The number of piperidine rings is 1. The van der Waals surface area contributed by atoms with Gasteiger partial charge >= 0.3 is 5.97 Å². The molecule has 1 aliphatic heterocycles. The van der Waals surface area contributed by atoms with E-state index in [1.807, 2.05) is 36.4 Å². The summed E-state index contributed by atoms with van der Waals surface area (Å²) in [5.74, 6) is 0.520. The molecule has 0 amide bonds. The Kier molecular flexibility index (Phi) is 5.05. The SMILES string of the molecule is COC(=O)C1CCN(Cc2nc3sc(-c4ccccc4)cc3c(=O)[nH]2)CC1. The number of esters is 1. The molecule has 3 aromatic rings. The van der Waals surface area contributed by atoms with E-state index in [2.05, 4.69) is 14.9 Å². The van der Waals surface area contributed by atoms with E-state index in [0.717, 1.165) is 41.2 Å². The fourth-order valence-corrected chi connectivity index (χ4v) is 4.56. The lowest BCUT2D eigenvalue weighted by molar-refractivity contribution is -0.147. The molecule has 1 fully saturated rings. The zero-order valence-electron chi connectivity index (χ0n) is 15.1. The Bertz CT molecular complexity index is 1000. The number of methoxy groups -OCH3 is 1. The highest BCUT2D eigenvalue weighted by Crippen LogP contribution is 2.30. The summed E-state index contributed by atoms with van der Waals surface area (Å²) < 4.78 is 4.83. The Morgan fingerprint density at radius 1 is 1.30 bits per heavy atom. The first-order valence-electron chi connectivity index (χ1n) is 9.02. The van der Waals surface area contributed by atoms with Crippen LogP contribution in [-0.2, 0) is 16.1 Å². The number of aromatic amines is 1. The molecule has 3 heterocycles. The standard InChI is InChI=1S/C20H21N3O3S/c1-26-20(25)14-7-9-23(10-8-14)12-17-21-18(24)15-11-16(27-19(15)22-17)13-5-3-2-4-6-13/h2-6,11,14H,7-10,12H2,1H3,(H,21,22,24). The first kappa shape index (κ1) is 17.9. The van der Waals surface area contributed by atoms with Gasteiger partial charge in [0, 0.05) is 4.88 Å². The first-order chi connectivity index (χ1) is 13.1. The van der Waals surface area contributed by atoms with Crippen molar-refractivity contribution < 1.29 is 9.53 Å². The van der Waals surface area contributed by atoms with E-state index in [0.29, 0.717) is 17.8 Å². The lowest BCUT2D eigenvalue weighted by atomic mass is 9.97. The monoisotopic (exact) mass is 383 g/mol. The number of likely N-dealkylation sites (tertiary alicyclic amines) is 1. The van der Waals surface area contributed by atoms with Gasteiger partial charge in [-0.1, -0.05) is 30.3 Å². The minimum absolute atomic E-state index is 0.0218. The summed E-state index contributed by atoms with van der Waals surface area (Å²) in [6, 6.07) is 11.9. The lowest BCUT2D eigenvalue weighted by Gasteiger charge is -2.30. The zero-order valence-corrected chi connectivity index (χ0v) is 15.9. The first-order valence-corrected chi connectivity index (χ1v) is 9.84. The third kappa shape index (κ3) is 3.79. The molecule has 4 rings (SSSR count). The number of hydrogen-bond donors (Lipinski definition) is 1. The summed E-state index contributed by atoms with van der Waals surface area (Å²) in [6.45, 7) is 2.17. The normalized spacial score (nSPS) is 15.9. The molecule has 1 aromatic carbocycles. The molecule has 0 bridgehead atoms. The number of fused-ring (bicyclic) bond motifs is 1. The van der Waals surface area contributed by atoms with Crippen LogP contribution in [0.25, 0.3) is 20.7 Å². The van der Waals surface area contributed by atoms with Gasteiger partial charge in [-0.25, -0.2) is 4.98 Å². The van der Waals surface area contributed by atoms with Gasteiger partial charge in [0.15, 0.2) is 0 Å². The molecule has 0 saturated carbocycles. The molecule has 6 nitrogen and oxygen atoms in total. The van der Waals surface area contributed by atoms with Crippen LogP contribution in [0.4, 0.5) is 0 Å². The van der Waals surface area contributed by atoms with Crippen molar-refractivity contribution >= 4 is 27.5 Å². The van der Waals surface area contributed by atoms with Crippen molar-refractivity contribution in [1.29, 1.82) is 0 Å². The third-order valence-electron chi connectivity index (χ3n) is 5.01. The van der Waals surface area contributed by atoms with Crippen LogP contribution < -0.4 is 5.56 Å². The molecule has 140 valence electrons. The molecule has 2 aromatic heterocycles. The van der Waals surface area contributed by atoms with Gasteiger partial charge in [0.05, 0.1) is 25.0 Å². The molecule has 0 aliphatic carbocycles. The van der Waals surface area contributed by atoms with Gasteiger partial charge in [-0.05, 0) is 37.6 Å². The summed E-state index contributed by atoms with van der Waals surface area (Å²) in [4.78, 5) is 35.8. The molecular formula is C20H21N3O3S. The fourth-order valence-electron chi connectivity index (χ4n) is 3.50. The van der Waals surface area contributed by atoms with E-state index < -0.39 is 0 Å². The molecule has 1 N–H and O–H groups in total. The Labute approximate surface area is 160 Å². The quantitative estimate of drug-likeness (QED) is 0.701. The second-order valence-corrected chi connectivity index (χ2v) is 7.81. The highest BCUT2D eigenvalue weighted by Gasteiger charge is 2.26. The number of aromatic nitrogens is 2. The van der Waals surface area contributed by atoms with Crippen molar-refractivity contribution in [2.45, 2.75) is 19.4 Å². The number of hydrogen-bond acceptors (Lipinski definition) is 6. The van der Waals surface area contributed by atoms with E-state index in [-0.39, 0.29) is 17.4 Å². The summed E-state index contributed by atoms with van der Waals surface area (Å²) in [5.41, 5.74) is 0.990. The minimum Gasteiger partial charge on any atom is -0.469 e. The van der Waals surface area contributed by atoms with Crippen LogP contribution in [0.3, 0.4) is 0 Å². The number of ether oxygens (including phenoxy) is 1. The molecule has 27 heavy (non-hydrogen) atoms. The molecular weight excluding hydrogens is 362 g/mol. The topological polar surface area (TPSA) is 75.3 Å². The fraction of sp³-hybridized carbons (Fsp3) is 0.350. The van der Waals surface area contributed by atoms with Crippen molar-refractivity contribution in [2.75, 3.05) is 20.2 Å². The molecule has 0 atom stereocenters. The van der Waals surface area contributed by atoms with Gasteiger partial charge in [-0.2, -0.15) is 0 Å². The van der Waals surface area contributed by atoms with Crippen LogP contribution in [-0.4, -0.2) is 41.0 Å². The predicted molar refractivity (Wildman–Crippen MR) is 106 cm³/mol. The number of carbonyl (C=O) groups excluding carboxylic acids is 1. The van der Waals surface area contributed by atoms with Gasteiger partial charge in [-0.3, -0.25) is 14.5 Å². The van der Waals surface area contributed by atoms with Gasteiger partial charge < -0.3 is 9.72 Å². The summed E-state index contributed by atoms with van der Waals surface area (Å²) >= 11 is 1.54. The third-order valence-corrected chi connectivity index (χ3v) is 6.08. The molecule has 7 heteroatoms. The van der Waals surface area contributed by atoms with E-state index in [9.17, 15) is 9.59 Å². The minimum atomic E-state index is -0.130. The highest BCUT2D eigenvalue weighted by atomic mass is 32.1. The maximum atomic E-state index is 12.5. The van der Waals surface area contributed by atoms with Crippen molar-refractivity contribution in [3.05, 3.63) is 52.6 Å². The average molecular weight is 383 g/mol. The summed E-state index contributed by atoms with van der Waals surface area (Å²) in [6.07, 6.45) is 1.55. The van der Waals surface area contributed by atoms with Crippen LogP contribution in [0.2, 0.25) is 0 Å². The molecule has 0 radical (unpaired) electrons. The maximum absolute atomic E-state index is 12.5. The van der Waals surface area contributed by atoms with E-state index in [1.54, 1.807) is 0 Å². The van der Waals surface area contributed by atoms with Crippen molar-refractivity contribution in [1.82, 2.24) is 14.9 Å². The Morgan fingerprint density at radius 3 is 2.74 bits per heavy atom. The van der Waals surface area contributed by atoms with Crippen molar-refractivity contribution in [3.63, 3.8) is 0 Å². The number of benzene rings is 1. The molecule has 1 saturated heterocycles. The van der Waals surface area contributed by atoms with Gasteiger partial charge in [-0.15, -0.1) is 11.3 Å². The molecule has 0 spiro atoms. The van der Waals surface area contributed by atoms with Crippen LogP contribution in [0.5, 0.6) is 0 Å². The van der Waals surface area contributed by atoms with Gasteiger partial charge in [0.2, 0.25) is 0 Å². The number of thiophene rings is 1. The Balaban J connectivity index is 1.52. The van der Waals surface area contributed by atoms with E-state index in [1.165, 1.54) is 18.4 Å². The lowest BCUT2D eigenvalue weighted by Crippen LogP contribution is -2.37. The van der Waals surface area contributed by atoms with Crippen LogP contribution in [0, 0.1) is 5.92 Å². The Morgan fingerprint density at radius 2 is 2.04 bits per heavy atom. The average Bonchev–Trinajstić information content (AvgIpc) is 3.13. The number of carbonyl (C=O) groups is 1. The maximum Gasteiger partial charge on any atom is 0.308 e. The molecule has 0 unspecified atom stereocenters. The zero-order chi connectivity index (χ0) is 18.8. The second kappa shape index (κ2) is 7.62. The predicted octanol–water partition coefficient (Wildman–Crippen LogP) is 3.04. The smallest absolute Gasteiger partial charge is 0.308 e. The number of nitrogens with one attached hydrogen (secondary N) is 1. The highest BCUT2D eigenvalue weighted by molar-refractivity contribution is 7.21. The molecule has 1 aliphatic rings. The van der Waals surface area contributed by atoms with Crippen LogP contribution in [0.15, 0.2) is 41.2 Å². The van der Waals surface area contributed by atoms with Crippen LogP contribution >= 0.6 is 11.3 Å². The van der Waals surface area contributed by atoms with Gasteiger partial charge in [0.25, 0.3) is 5.56 Å². The second-order valence-electron chi connectivity index (χ2n) is 6.78. The van der Waals surface area contributed by atoms with Crippen molar-refractivity contribution in [2.24, 2.45) is 5.92 Å². The largest absolute Gasteiger partial charge is 0.469 e. The number of nitrogens with zero attached hydrogens (tertiary/aromatic N) is 2. The van der Waals surface area contributed by atoms with Crippen LogP contribution in [0.1, 0.15) is 18.7 Å². The summed E-state index contributed by atoms with van der Waals surface area (Å²) in [5, 5.41) is 0.631. The summed E-state index contributed by atoms with van der Waals surface area (Å²) in [7, 11) is 1.43. The number of rotatable bonds is 4. The Hall–Kier alpha value is -2.51. The number of H-pyrrole nitrogens is 1. The van der Waals surface area contributed by atoms with Crippen molar-refractivity contribution in [3.8, 4) is 10.4 Å². The van der Waals surface area contributed by atoms with E-state index in [4.69, 9.17) is 4.74 Å². The van der Waals surface area contributed by atoms with E-state index >= 15 is 0 Å².